The largest absolute Gasteiger partial charge is 0.325 e. The lowest BCUT2D eigenvalue weighted by atomic mass is 10.2. The molecule has 0 aromatic heterocycles. The normalized spacial score (nSPS) is 24.8. The molecule has 0 unspecified atom stereocenters. The van der Waals surface area contributed by atoms with Crippen molar-refractivity contribution in [2.75, 3.05) is 43.0 Å². The van der Waals surface area contributed by atoms with E-state index in [2.05, 4.69) is 5.32 Å². The molecular formula is C19H29N3O4S2. The minimum absolute atomic E-state index is 0.0900. The van der Waals surface area contributed by atoms with Crippen LogP contribution in [0, 0.1) is 6.92 Å². The fourth-order valence-corrected chi connectivity index (χ4v) is 6.55. The third-order valence-corrected chi connectivity index (χ3v) is 8.83. The Balaban J connectivity index is 1.71. The molecule has 2 aliphatic heterocycles. The molecule has 0 aliphatic carbocycles. The van der Waals surface area contributed by atoms with Gasteiger partial charge >= 0.3 is 0 Å². The number of benzene rings is 1. The average molecular weight is 428 g/mol. The van der Waals surface area contributed by atoms with E-state index >= 15 is 0 Å². The average Bonchev–Trinajstić information content (AvgIpc) is 2.66. The van der Waals surface area contributed by atoms with Gasteiger partial charge in [-0.25, -0.2) is 8.42 Å². The molecule has 2 heterocycles. The zero-order chi connectivity index (χ0) is 20.3. The van der Waals surface area contributed by atoms with Crippen molar-refractivity contribution in [2.45, 2.75) is 44.0 Å². The van der Waals surface area contributed by atoms with Gasteiger partial charge in [-0.05, 0) is 44.4 Å². The van der Waals surface area contributed by atoms with Crippen LogP contribution in [0.5, 0.6) is 0 Å². The van der Waals surface area contributed by atoms with Crippen LogP contribution in [-0.2, 0) is 25.6 Å². The summed E-state index contributed by atoms with van der Waals surface area (Å²) in [4.78, 5) is 14.8. The van der Waals surface area contributed by atoms with Gasteiger partial charge in [-0.1, -0.05) is 12.5 Å². The van der Waals surface area contributed by atoms with Crippen molar-refractivity contribution in [2.24, 2.45) is 0 Å². The molecule has 2 saturated heterocycles. The first-order chi connectivity index (χ1) is 13.3. The maximum absolute atomic E-state index is 12.9. The van der Waals surface area contributed by atoms with Gasteiger partial charge in [0.1, 0.15) is 0 Å². The van der Waals surface area contributed by atoms with Crippen LogP contribution < -0.4 is 5.32 Å². The highest BCUT2D eigenvalue weighted by Gasteiger charge is 2.27. The first-order valence-electron chi connectivity index (χ1n) is 9.77. The van der Waals surface area contributed by atoms with Gasteiger partial charge in [-0.3, -0.25) is 13.9 Å². The van der Waals surface area contributed by atoms with Gasteiger partial charge in [0.15, 0.2) is 0 Å². The van der Waals surface area contributed by atoms with Gasteiger partial charge in [0.05, 0.1) is 11.4 Å². The van der Waals surface area contributed by atoms with E-state index in [1.165, 1.54) is 4.31 Å². The molecule has 1 aromatic carbocycles. The number of anilines is 1. The van der Waals surface area contributed by atoms with E-state index in [4.69, 9.17) is 0 Å². The molecule has 1 N–H and O–H groups in total. The lowest BCUT2D eigenvalue weighted by Crippen LogP contribution is -2.48. The molecule has 2 aliphatic rings. The predicted molar refractivity (Wildman–Crippen MR) is 111 cm³/mol. The van der Waals surface area contributed by atoms with E-state index in [1.807, 2.05) is 18.7 Å². The summed E-state index contributed by atoms with van der Waals surface area (Å²) in [5, 5.41) is 2.87. The number of carbonyl (C=O) groups excluding carboxylic acids is 1. The second kappa shape index (κ2) is 9.02. The van der Waals surface area contributed by atoms with E-state index in [0.717, 1.165) is 24.8 Å². The van der Waals surface area contributed by atoms with Crippen molar-refractivity contribution in [1.82, 2.24) is 9.21 Å². The number of amides is 1. The van der Waals surface area contributed by atoms with Crippen molar-refractivity contribution in [3.8, 4) is 0 Å². The summed E-state index contributed by atoms with van der Waals surface area (Å²) in [6.45, 7) is 5.75. The van der Waals surface area contributed by atoms with Gasteiger partial charge in [0, 0.05) is 53.7 Å². The van der Waals surface area contributed by atoms with E-state index in [9.17, 15) is 17.4 Å². The molecule has 0 bridgehead atoms. The van der Waals surface area contributed by atoms with Gasteiger partial charge in [0.2, 0.25) is 15.9 Å². The molecule has 28 heavy (non-hydrogen) atoms. The summed E-state index contributed by atoms with van der Waals surface area (Å²) in [6, 6.07) is 4.99. The number of hydrogen-bond donors (Lipinski definition) is 1. The van der Waals surface area contributed by atoms with Crippen LogP contribution in [-0.4, -0.2) is 71.5 Å². The minimum Gasteiger partial charge on any atom is -0.325 e. The lowest BCUT2D eigenvalue weighted by molar-refractivity contribution is -0.117. The Morgan fingerprint density at radius 2 is 1.93 bits per heavy atom. The van der Waals surface area contributed by atoms with Crippen molar-refractivity contribution in [3.05, 3.63) is 23.8 Å². The lowest BCUT2D eigenvalue weighted by Gasteiger charge is -2.32. The van der Waals surface area contributed by atoms with E-state index in [1.54, 1.807) is 18.2 Å². The number of piperidine rings is 1. The SMILES string of the molecule is Cc1ccc(S(=O)(=O)N2CCCCC2)cc1NC(=O)CN1CC[S@@](=O)C[C@@H]1C. The Hall–Kier alpha value is -1.29. The van der Waals surface area contributed by atoms with Crippen LogP contribution in [0.25, 0.3) is 0 Å². The van der Waals surface area contributed by atoms with Crippen LogP contribution in [0.1, 0.15) is 31.7 Å². The quantitative estimate of drug-likeness (QED) is 0.771. The number of aryl methyl sites for hydroxylation is 1. The third-order valence-electron chi connectivity index (χ3n) is 5.44. The van der Waals surface area contributed by atoms with Gasteiger partial charge in [-0.15, -0.1) is 0 Å². The van der Waals surface area contributed by atoms with Gasteiger partial charge in [-0.2, -0.15) is 4.31 Å². The topological polar surface area (TPSA) is 86.8 Å². The number of nitrogens with one attached hydrogen (secondary N) is 1. The molecule has 1 aromatic rings. The molecular weight excluding hydrogens is 398 g/mol. The molecule has 0 spiro atoms. The van der Waals surface area contributed by atoms with Crippen LogP contribution in [0.2, 0.25) is 0 Å². The zero-order valence-corrected chi connectivity index (χ0v) is 18.2. The van der Waals surface area contributed by atoms with E-state index in [-0.39, 0.29) is 23.4 Å². The fourth-order valence-electron chi connectivity index (χ4n) is 3.66. The summed E-state index contributed by atoms with van der Waals surface area (Å²) in [5.41, 5.74) is 1.34. The van der Waals surface area contributed by atoms with Crippen molar-refractivity contribution < 1.29 is 17.4 Å². The van der Waals surface area contributed by atoms with E-state index in [0.29, 0.717) is 36.8 Å². The standard InChI is InChI=1S/C19H29N3O4S2/c1-15-6-7-17(28(25,26)22-8-4-3-5-9-22)12-18(15)20-19(23)13-21-10-11-27(24)14-16(21)2/h6-7,12,16H,3-5,8-11,13-14H2,1-2H3,(H,20,23)/t16-,27+/m0/s1. The number of carbonyl (C=O) groups is 1. The van der Waals surface area contributed by atoms with Crippen molar-refractivity contribution in [1.29, 1.82) is 0 Å². The molecule has 7 nitrogen and oxygen atoms in total. The fraction of sp³-hybridized carbons (Fsp3) is 0.632. The van der Waals surface area contributed by atoms with Crippen LogP contribution in [0.3, 0.4) is 0 Å². The molecule has 2 atom stereocenters. The first-order valence-corrected chi connectivity index (χ1v) is 12.7. The third kappa shape index (κ3) is 5.00. The maximum Gasteiger partial charge on any atom is 0.243 e. The number of sulfonamides is 1. The van der Waals surface area contributed by atoms with Crippen LogP contribution in [0.15, 0.2) is 23.1 Å². The highest BCUT2D eigenvalue weighted by atomic mass is 32.2. The first kappa shape index (κ1) is 21.4. The van der Waals surface area contributed by atoms with E-state index < -0.39 is 20.8 Å². The Kier molecular flexibility index (Phi) is 6.90. The zero-order valence-electron chi connectivity index (χ0n) is 16.5. The van der Waals surface area contributed by atoms with Crippen LogP contribution >= 0.6 is 0 Å². The number of hydrogen-bond acceptors (Lipinski definition) is 5. The number of nitrogens with zero attached hydrogens (tertiary/aromatic N) is 2. The summed E-state index contributed by atoms with van der Waals surface area (Å²) >= 11 is 0. The Labute approximate surface area is 170 Å². The molecule has 156 valence electrons. The van der Waals surface area contributed by atoms with Crippen LogP contribution in [0.4, 0.5) is 5.69 Å². The summed E-state index contributed by atoms with van der Waals surface area (Å²) < 4.78 is 39.0. The molecule has 0 radical (unpaired) electrons. The maximum atomic E-state index is 12.9. The van der Waals surface area contributed by atoms with Crippen molar-refractivity contribution >= 4 is 32.4 Å². The highest BCUT2D eigenvalue weighted by Crippen LogP contribution is 2.25. The Bertz CT molecular complexity index is 851. The molecule has 9 heteroatoms. The van der Waals surface area contributed by atoms with Gasteiger partial charge < -0.3 is 5.32 Å². The predicted octanol–water partition coefficient (Wildman–Crippen LogP) is 1.56. The highest BCUT2D eigenvalue weighted by molar-refractivity contribution is 7.89. The van der Waals surface area contributed by atoms with Crippen molar-refractivity contribution in [3.63, 3.8) is 0 Å². The van der Waals surface area contributed by atoms with Gasteiger partial charge in [0.25, 0.3) is 0 Å². The monoisotopic (exact) mass is 427 g/mol. The minimum atomic E-state index is -3.54. The molecule has 3 rings (SSSR count). The second-order valence-electron chi connectivity index (χ2n) is 7.62. The smallest absolute Gasteiger partial charge is 0.243 e. The number of rotatable bonds is 5. The summed E-state index contributed by atoms with van der Waals surface area (Å²) in [7, 11) is -4.35. The second-order valence-corrected chi connectivity index (χ2v) is 11.2. The Morgan fingerprint density at radius 1 is 1.21 bits per heavy atom. The molecule has 2 fully saturated rings. The summed E-state index contributed by atoms with van der Waals surface area (Å²) in [6.07, 6.45) is 2.82. The summed E-state index contributed by atoms with van der Waals surface area (Å²) in [5.74, 6) is 0.978. The Morgan fingerprint density at radius 3 is 2.61 bits per heavy atom. The molecule has 1 amide bonds. The molecule has 0 saturated carbocycles.